The van der Waals surface area contributed by atoms with Crippen LogP contribution < -0.4 is 19.6 Å². The molecule has 2 aliphatic heterocycles. The second-order valence-corrected chi connectivity index (χ2v) is 17.7. The van der Waals surface area contributed by atoms with Crippen LogP contribution >= 0.6 is 0 Å². The Morgan fingerprint density at radius 1 is 1.00 bits per heavy atom. The molecular weight excluding hydrogens is 597 g/mol. The number of hydrogen-bond donors (Lipinski definition) is 1. The fraction of sp³-hybridized carbons (Fsp3) is 0.417. The quantitative estimate of drug-likeness (QED) is 0.210. The molecule has 242 valence electrons. The third-order valence-electron chi connectivity index (χ3n) is 9.76. The van der Waals surface area contributed by atoms with Gasteiger partial charge in [-0.1, -0.05) is 66.8 Å². The van der Waals surface area contributed by atoms with Gasteiger partial charge in [0, 0.05) is 31.5 Å². The molecule has 1 amide bonds. The van der Waals surface area contributed by atoms with Crippen molar-refractivity contribution in [2.45, 2.75) is 70.0 Å². The van der Waals surface area contributed by atoms with E-state index < -0.39 is 8.07 Å². The van der Waals surface area contributed by atoms with E-state index in [1.165, 1.54) is 10.8 Å². The molecule has 1 saturated heterocycles. The third-order valence-corrected chi connectivity index (χ3v) is 14.1. The number of rotatable bonds is 12. The highest BCUT2D eigenvalue weighted by atomic mass is 28.3. The second-order valence-electron chi connectivity index (χ2n) is 13.0. The topological polar surface area (TPSA) is 98.9 Å². The number of methoxy groups -OCH3 is 1. The molecule has 0 radical (unpaired) electrons. The van der Waals surface area contributed by atoms with Crippen LogP contribution in [0.4, 0.5) is 11.4 Å². The van der Waals surface area contributed by atoms with Crippen molar-refractivity contribution in [1.82, 2.24) is 15.0 Å². The van der Waals surface area contributed by atoms with E-state index in [2.05, 4.69) is 66.7 Å². The number of para-hydroxylation sites is 2. The van der Waals surface area contributed by atoms with Crippen molar-refractivity contribution in [3.05, 3.63) is 90.3 Å². The zero-order valence-electron chi connectivity index (χ0n) is 27.1. The average Bonchev–Trinajstić information content (AvgIpc) is 3.66. The Bertz CT molecular complexity index is 1640. The van der Waals surface area contributed by atoms with Gasteiger partial charge in [-0.05, 0) is 72.7 Å². The first-order valence-electron chi connectivity index (χ1n) is 16.2. The molecule has 0 spiro atoms. The zero-order valence-corrected chi connectivity index (χ0v) is 28.1. The lowest BCUT2D eigenvalue weighted by molar-refractivity contribution is -0.120. The molecule has 3 aromatic carbocycles. The molecule has 0 saturated carbocycles. The largest absolute Gasteiger partial charge is 0.497 e. The monoisotopic (exact) mass is 640 g/mol. The van der Waals surface area contributed by atoms with Gasteiger partial charge in [-0.15, -0.1) is 5.10 Å². The van der Waals surface area contributed by atoms with E-state index in [4.69, 9.17) is 14.2 Å². The van der Waals surface area contributed by atoms with E-state index in [9.17, 15) is 9.90 Å². The molecule has 6 rings (SSSR count). The number of fused-ring (bicyclic) bond motifs is 1. The molecule has 46 heavy (non-hydrogen) atoms. The Hall–Kier alpha value is -3.99. The predicted octanol–water partition coefficient (Wildman–Crippen LogP) is 5.29. The van der Waals surface area contributed by atoms with Gasteiger partial charge in [-0.2, -0.15) is 0 Å². The number of aliphatic hydroxyl groups is 1. The minimum atomic E-state index is -1.99. The van der Waals surface area contributed by atoms with Gasteiger partial charge in [0.25, 0.3) is 5.91 Å². The lowest BCUT2D eigenvalue weighted by Gasteiger charge is -2.36. The summed E-state index contributed by atoms with van der Waals surface area (Å²) in [5.41, 5.74) is 4.01. The van der Waals surface area contributed by atoms with Gasteiger partial charge in [0.2, 0.25) is 0 Å². The second kappa shape index (κ2) is 13.8. The van der Waals surface area contributed by atoms with Crippen molar-refractivity contribution in [1.29, 1.82) is 0 Å². The van der Waals surface area contributed by atoms with Crippen molar-refractivity contribution in [3.8, 4) is 11.5 Å². The van der Waals surface area contributed by atoms with Gasteiger partial charge in [0.1, 0.15) is 11.5 Å². The Balaban J connectivity index is 1.20. The molecular formula is C36H44N4O5Si. The normalized spacial score (nSPS) is 21.2. The van der Waals surface area contributed by atoms with E-state index in [0.29, 0.717) is 24.4 Å². The molecule has 1 fully saturated rings. The minimum absolute atomic E-state index is 0.0304. The number of hydrogen-bond acceptors (Lipinski definition) is 7. The number of aryl methyl sites for hydroxylation is 2. The van der Waals surface area contributed by atoms with E-state index in [0.717, 1.165) is 47.8 Å². The van der Waals surface area contributed by atoms with Crippen molar-refractivity contribution in [2.75, 3.05) is 25.2 Å². The fourth-order valence-corrected chi connectivity index (χ4v) is 11.5. The summed E-state index contributed by atoms with van der Waals surface area (Å²) in [6.07, 6.45) is 5.21. The van der Waals surface area contributed by atoms with Crippen molar-refractivity contribution in [3.63, 3.8) is 0 Å². The SMILES string of the molecule is COc1ccc([Si](C)(C)[C@@H]2[C@@H](C)[C@@H](CCc3cccc(N4C(=O)COc5ccccc54)c3)O[C@H]2CCn2cc(CCO)nn2)cc1. The molecule has 1 N–H and O–H groups in total. The first kappa shape index (κ1) is 32.0. The predicted molar refractivity (Wildman–Crippen MR) is 181 cm³/mol. The summed E-state index contributed by atoms with van der Waals surface area (Å²) < 4.78 is 20.0. The Morgan fingerprint density at radius 3 is 2.59 bits per heavy atom. The maximum Gasteiger partial charge on any atom is 0.269 e. The number of nitrogens with zero attached hydrogens (tertiary/aromatic N) is 4. The number of carbonyl (C=O) groups is 1. The molecule has 4 aromatic rings. The van der Waals surface area contributed by atoms with Crippen LogP contribution in [-0.4, -0.2) is 66.6 Å². The Labute approximate surface area is 272 Å². The van der Waals surface area contributed by atoms with Gasteiger partial charge in [0.05, 0.1) is 38.8 Å². The van der Waals surface area contributed by atoms with Gasteiger partial charge in [-0.25, -0.2) is 0 Å². The molecule has 0 aliphatic carbocycles. The van der Waals surface area contributed by atoms with Crippen molar-refractivity contribution in [2.24, 2.45) is 5.92 Å². The standard InChI is InChI=1S/C36H44N4O5Si/c1-25-32(17-12-26-8-7-9-28(22-26)40-31-10-5-6-11-33(31)44-24-35(40)42)45-34(18-20-39-23-27(19-21-41)37-38-39)36(25)46(3,4)30-15-13-29(43-2)14-16-30/h5-11,13-16,22-23,25,32,34,36,41H,12,17-21,24H2,1-4H3/t25-,32+,34-,36+/m0/s1. The third kappa shape index (κ3) is 6.60. The van der Waals surface area contributed by atoms with E-state index in [-0.39, 0.29) is 31.3 Å². The zero-order chi connectivity index (χ0) is 32.3. The summed E-state index contributed by atoms with van der Waals surface area (Å²) in [6, 6.07) is 24.6. The van der Waals surface area contributed by atoms with E-state index in [1.807, 2.05) is 47.3 Å². The van der Waals surface area contributed by atoms with Crippen LogP contribution in [0.15, 0.2) is 79.0 Å². The number of aliphatic hydroxyl groups excluding tert-OH is 1. The summed E-state index contributed by atoms with van der Waals surface area (Å²) >= 11 is 0. The molecule has 4 atom stereocenters. The smallest absolute Gasteiger partial charge is 0.269 e. The summed E-state index contributed by atoms with van der Waals surface area (Å²) in [7, 11) is -0.289. The van der Waals surface area contributed by atoms with Crippen LogP contribution in [0.25, 0.3) is 0 Å². The highest BCUT2D eigenvalue weighted by molar-refractivity contribution is 6.91. The first-order valence-corrected chi connectivity index (χ1v) is 19.3. The molecule has 0 bridgehead atoms. The first-order chi connectivity index (χ1) is 22.3. The lowest BCUT2D eigenvalue weighted by atomic mass is 9.95. The summed E-state index contributed by atoms with van der Waals surface area (Å²) in [5, 5.41) is 19.2. The fourth-order valence-electron chi connectivity index (χ4n) is 7.40. The number of amides is 1. The maximum absolute atomic E-state index is 13.0. The number of ether oxygens (including phenoxy) is 3. The van der Waals surface area contributed by atoms with Crippen LogP contribution in [-0.2, 0) is 28.9 Å². The summed E-state index contributed by atoms with van der Waals surface area (Å²) in [5.74, 6) is 1.88. The molecule has 3 heterocycles. The van der Waals surface area contributed by atoms with Gasteiger partial charge in [0.15, 0.2) is 6.61 Å². The van der Waals surface area contributed by atoms with Gasteiger partial charge < -0.3 is 19.3 Å². The van der Waals surface area contributed by atoms with Crippen molar-refractivity contribution >= 4 is 30.5 Å². The van der Waals surface area contributed by atoms with Gasteiger partial charge in [-0.3, -0.25) is 14.4 Å². The molecule has 10 heteroatoms. The van der Waals surface area contributed by atoms with Crippen LogP contribution in [0, 0.1) is 5.92 Å². The summed E-state index contributed by atoms with van der Waals surface area (Å²) in [4.78, 5) is 14.7. The Kier molecular flexibility index (Phi) is 9.58. The maximum atomic E-state index is 13.0. The van der Waals surface area contributed by atoms with Gasteiger partial charge >= 0.3 is 0 Å². The van der Waals surface area contributed by atoms with Crippen molar-refractivity contribution < 1.29 is 24.1 Å². The summed E-state index contributed by atoms with van der Waals surface area (Å²) in [6.45, 7) is 8.09. The van der Waals surface area contributed by atoms with E-state index >= 15 is 0 Å². The number of aromatic nitrogens is 3. The van der Waals surface area contributed by atoms with Crippen LogP contribution in [0.5, 0.6) is 11.5 Å². The van der Waals surface area contributed by atoms with Crippen LogP contribution in [0.1, 0.15) is 31.0 Å². The highest BCUT2D eigenvalue weighted by Crippen LogP contribution is 2.46. The van der Waals surface area contributed by atoms with Crippen LogP contribution in [0.2, 0.25) is 18.6 Å². The molecule has 0 unspecified atom stereocenters. The molecule has 1 aromatic heterocycles. The number of benzene rings is 3. The molecule has 2 aliphatic rings. The number of carbonyl (C=O) groups excluding carboxylic acids is 1. The lowest BCUT2D eigenvalue weighted by Crippen LogP contribution is -2.50. The Morgan fingerprint density at radius 2 is 1.80 bits per heavy atom. The number of anilines is 2. The minimum Gasteiger partial charge on any atom is -0.497 e. The molecule has 9 nitrogen and oxygen atoms in total. The van der Waals surface area contributed by atoms with Crippen LogP contribution in [0.3, 0.4) is 0 Å². The highest BCUT2D eigenvalue weighted by Gasteiger charge is 2.50. The van der Waals surface area contributed by atoms with E-state index in [1.54, 1.807) is 12.0 Å². The average molecular weight is 641 g/mol.